The van der Waals surface area contributed by atoms with Crippen molar-refractivity contribution in [1.82, 2.24) is 5.32 Å². The smallest absolute Gasteiger partial charge is 0.407 e. The van der Waals surface area contributed by atoms with E-state index in [-0.39, 0.29) is 19.0 Å². The lowest BCUT2D eigenvalue weighted by atomic mass is 10.1. The molecule has 0 saturated heterocycles. The van der Waals surface area contributed by atoms with E-state index in [9.17, 15) is 9.59 Å². The van der Waals surface area contributed by atoms with Crippen molar-refractivity contribution in [2.75, 3.05) is 6.54 Å². The number of alkyl carbamates (subject to hydrolysis) is 1. The largest absolute Gasteiger partial charge is 0.480 e. The molecule has 9 nitrogen and oxygen atoms in total. The van der Waals surface area contributed by atoms with Crippen molar-refractivity contribution in [2.45, 2.75) is 31.9 Å². The minimum Gasteiger partial charge on any atom is -0.480 e. The number of rotatable bonds is 9. The van der Waals surface area contributed by atoms with Crippen LogP contribution >= 0.6 is 12.4 Å². The van der Waals surface area contributed by atoms with Gasteiger partial charge in [-0.3, -0.25) is 4.79 Å². The van der Waals surface area contributed by atoms with Crippen molar-refractivity contribution < 1.29 is 19.4 Å². The summed E-state index contributed by atoms with van der Waals surface area (Å²) in [5.74, 6) is -1.02. The van der Waals surface area contributed by atoms with Crippen molar-refractivity contribution >= 4 is 30.2 Å². The molecule has 132 valence electrons. The monoisotopic (exact) mass is 357 g/mol. The molecule has 0 saturated carbocycles. The third-order valence-corrected chi connectivity index (χ3v) is 2.99. The van der Waals surface area contributed by atoms with Crippen molar-refractivity contribution in [3.05, 3.63) is 40.3 Å². The lowest BCUT2D eigenvalue weighted by Crippen LogP contribution is -2.30. The Hall–Kier alpha value is -2.48. The molecular formula is C14H20ClN5O4. The molecule has 10 heteroatoms. The standard InChI is InChI=1S/C14H19N5O4.ClH/c15-12(13(20)21)3-1-2-8-17-14(22)23-9-10-4-6-11(7-5-10)18-19-16;/h4-7,12H,1-3,8-9,15H2,(H,17,22)(H,20,21);1H. The molecule has 4 N–H and O–H groups in total. The number of nitrogens with two attached hydrogens (primary N) is 1. The van der Waals surface area contributed by atoms with Crippen LogP contribution in [0.15, 0.2) is 29.4 Å². The van der Waals surface area contributed by atoms with E-state index in [1.165, 1.54) is 0 Å². The Labute approximate surface area is 145 Å². The van der Waals surface area contributed by atoms with Gasteiger partial charge < -0.3 is 20.9 Å². The van der Waals surface area contributed by atoms with Gasteiger partial charge in [0.15, 0.2) is 0 Å². The van der Waals surface area contributed by atoms with Crippen molar-refractivity contribution in [1.29, 1.82) is 0 Å². The van der Waals surface area contributed by atoms with Gasteiger partial charge in [-0.1, -0.05) is 29.4 Å². The maximum Gasteiger partial charge on any atom is 0.407 e. The second kappa shape index (κ2) is 12.0. The lowest BCUT2D eigenvalue weighted by molar-refractivity contribution is -0.138. The van der Waals surface area contributed by atoms with Gasteiger partial charge in [-0.05, 0) is 30.4 Å². The van der Waals surface area contributed by atoms with Crippen LogP contribution in [-0.4, -0.2) is 29.8 Å². The second-order valence-corrected chi connectivity index (χ2v) is 4.80. The number of benzene rings is 1. The van der Waals surface area contributed by atoms with Crippen LogP contribution in [0.2, 0.25) is 0 Å². The molecule has 0 spiro atoms. The lowest BCUT2D eigenvalue weighted by Gasteiger charge is -2.08. The number of hydrogen-bond donors (Lipinski definition) is 3. The van der Waals surface area contributed by atoms with E-state index in [0.717, 1.165) is 5.56 Å². The zero-order valence-corrected chi connectivity index (χ0v) is 13.7. The maximum atomic E-state index is 11.5. The Morgan fingerprint density at radius 1 is 1.33 bits per heavy atom. The van der Waals surface area contributed by atoms with Crippen molar-refractivity contribution in [3.8, 4) is 0 Å². The van der Waals surface area contributed by atoms with Crippen LogP contribution in [0.5, 0.6) is 0 Å². The minimum absolute atomic E-state index is 0. The van der Waals surface area contributed by atoms with Crippen LogP contribution in [0.4, 0.5) is 10.5 Å². The number of carboxylic acids is 1. The predicted molar refractivity (Wildman–Crippen MR) is 90.1 cm³/mol. The topological polar surface area (TPSA) is 150 Å². The van der Waals surface area contributed by atoms with Crippen LogP contribution in [-0.2, 0) is 16.1 Å². The molecule has 0 bridgehead atoms. The molecule has 0 aliphatic heterocycles. The van der Waals surface area contributed by atoms with E-state index in [0.29, 0.717) is 31.5 Å². The average molecular weight is 358 g/mol. The molecule has 1 amide bonds. The van der Waals surface area contributed by atoms with Gasteiger partial charge in [0.1, 0.15) is 12.6 Å². The number of unbranched alkanes of at least 4 members (excludes halogenated alkanes) is 1. The zero-order valence-electron chi connectivity index (χ0n) is 12.9. The van der Waals surface area contributed by atoms with E-state index in [4.69, 9.17) is 21.1 Å². The first-order valence-corrected chi connectivity index (χ1v) is 7.06. The number of hydrogen-bond acceptors (Lipinski definition) is 5. The first kappa shape index (κ1) is 21.5. The summed E-state index contributed by atoms with van der Waals surface area (Å²) in [6, 6.07) is 5.79. The third-order valence-electron chi connectivity index (χ3n) is 2.99. The molecule has 0 aliphatic rings. The Bertz CT molecular complexity index is 575. The van der Waals surface area contributed by atoms with Gasteiger partial charge in [0, 0.05) is 17.1 Å². The molecule has 1 unspecified atom stereocenters. The highest BCUT2D eigenvalue weighted by Gasteiger charge is 2.10. The van der Waals surface area contributed by atoms with Crippen LogP contribution in [0.25, 0.3) is 10.4 Å². The normalized spacial score (nSPS) is 10.7. The summed E-state index contributed by atoms with van der Waals surface area (Å²) in [6.45, 7) is 0.493. The number of carbonyl (C=O) groups is 2. The summed E-state index contributed by atoms with van der Waals surface area (Å²) in [5.41, 5.74) is 14.9. The fourth-order valence-electron chi connectivity index (χ4n) is 1.71. The summed E-state index contributed by atoms with van der Waals surface area (Å²) in [5, 5.41) is 14.6. The highest BCUT2D eigenvalue weighted by Crippen LogP contribution is 2.13. The second-order valence-electron chi connectivity index (χ2n) is 4.80. The molecule has 0 heterocycles. The number of aliphatic carboxylic acids is 1. The summed E-state index contributed by atoms with van der Waals surface area (Å²) in [7, 11) is 0. The molecule has 1 atom stereocenters. The van der Waals surface area contributed by atoms with Crippen LogP contribution in [0.3, 0.4) is 0 Å². The van der Waals surface area contributed by atoms with E-state index >= 15 is 0 Å². The van der Waals surface area contributed by atoms with E-state index in [1.807, 2.05) is 0 Å². The molecule has 24 heavy (non-hydrogen) atoms. The number of azide groups is 1. The Balaban J connectivity index is 0.00000529. The Morgan fingerprint density at radius 3 is 2.58 bits per heavy atom. The van der Waals surface area contributed by atoms with Crippen molar-refractivity contribution in [3.63, 3.8) is 0 Å². The highest BCUT2D eigenvalue weighted by atomic mass is 35.5. The summed E-state index contributed by atoms with van der Waals surface area (Å²) >= 11 is 0. The molecule has 0 aromatic heterocycles. The predicted octanol–water partition coefficient (Wildman–Crippen LogP) is 2.86. The molecular weight excluding hydrogens is 338 g/mol. The van der Waals surface area contributed by atoms with Gasteiger partial charge in [0.25, 0.3) is 0 Å². The van der Waals surface area contributed by atoms with Crippen LogP contribution in [0.1, 0.15) is 24.8 Å². The number of nitrogens with zero attached hydrogens (tertiary/aromatic N) is 3. The first-order valence-electron chi connectivity index (χ1n) is 7.06. The highest BCUT2D eigenvalue weighted by molar-refractivity contribution is 5.85. The minimum atomic E-state index is -1.02. The van der Waals surface area contributed by atoms with E-state index in [2.05, 4.69) is 15.3 Å². The zero-order chi connectivity index (χ0) is 17.1. The third kappa shape index (κ3) is 8.84. The van der Waals surface area contributed by atoms with Gasteiger partial charge in [0.05, 0.1) is 0 Å². The van der Waals surface area contributed by atoms with E-state index in [1.54, 1.807) is 24.3 Å². The van der Waals surface area contributed by atoms with Crippen molar-refractivity contribution in [2.24, 2.45) is 10.8 Å². The first-order chi connectivity index (χ1) is 11.0. The van der Waals surface area contributed by atoms with Gasteiger partial charge in [-0.25, -0.2) is 4.79 Å². The average Bonchev–Trinajstić information content (AvgIpc) is 2.54. The maximum absolute atomic E-state index is 11.5. The fourth-order valence-corrected chi connectivity index (χ4v) is 1.71. The number of amides is 1. The van der Waals surface area contributed by atoms with Crippen LogP contribution in [0, 0.1) is 0 Å². The molecule has 1 aromatic rings. The Morgan fingerprint density at radius 2 is 2.00 bits per heavy atom. The number of carbonyl (C=O) groups excluding carboxylic acids is 1. The van der Waals surface area contributed by atoms with Crippen LogP contribution < -0.4 is 11.1 Å². The van der Waals surface area contributed by atoms with E-state index < -0.39 is 18.1 Å². The van der Waals surface area contributed by atoms with Gasteiger partial charge >= 0.3 is 12.1 Å². The van der Waals surface area contributed by atoms with Gasteiger partial charge in [0.2, 0.25) is 0 Å². The molecule has 0 radical (unpaired) electrons. The Kier molecular flexibility index (Phi) is 10.8. The summed E-state index contributed by atoms with van der Waals surface area (Å²) < 4.78 is 5.02. The van der Waals surface area contributed by atoms with Gasteiger partial charge in [-0.15, -0.1) is 12.4 Å². The molecule has 0 fully saturated rings. The molecule has 1 rings (SSSR count). The molecule has 1 aromatic carbocycles. The molecule has 0 aliphatic carbocycles. The van der Waals surface area contributed by atoms with Gasteiger partial charge in [-0.2, -0.15) is 0 Å². The SMILES string of the molecule is Cl.[N-]=[N+]=Nc1ccc(COC(=O)NCCCCC(N)C(=O)O)cc1. The quantitative estimate of drug-likeness (QED) is 0.268. The summed E-state index contributed by atoms with van der Waals surface area (Å²) in [6.07, 6.45) is 1.04. The summed E-state index contributed by atoms with van der Waals surface area (Å²) in [4.78, 5) is 24.7. The number of halogens is 1. The number of carboxylic acid groups (broad SMARTS) is 1. The number of nitrogens with one attached hydrogen (secondary N) is 1. The number of ether oxygens (including phenoxy) is 1. The fraction of sp³-hybridized carbons (Fsp3) is 0.429.